The fourth-order valence-corrected chi connectivity index (χ4v) is 2.95. The summed E-state index contributed by atoms with van der Waals surface area (Å²) in [6, 6.07) is 8.17. The van der Waals surface area contributed by atoms with Crippen molar-refractivity contribution in [3.8, 4) is 0 Å². The number of aliphatic hydroxyl groups excluding tert-OH is 1. The Balaban J connectivity index is 1.98. The lowest BCUT2D eigenvalue weighted by atomic mass is 9.88. The zero-order valence-corrected chi connectivity index (χ0v) is 13.1. The normalized spacial score (nSPS) is 19.3. The molecule has 0 radical (unpaired) electrons. The molecule has 0 unspecified atom stereocenters. The van der Waals surface area contributed by atoms with Gasteiger partial charge in [-0.05, 0) is 50.1 Å². The molecule has 0 aromatic heterocycles. The van der Waals surface area contributed by atoms with Crippen LogP contribution < -0.4 is 5.32 Å². The third-order valence-electron chi connectivity index (χ3n) is 3.91. The third kappa shape index (κ3) is 3.94. The highest BCUT2D eigenvalue weighted by atomic mass is 79.9. The Morgan fingerprint density at radius 1 is 1.26 bits per heavy atom. The van der Waals surface area contributed by atoms with Crippen LogP contribution in [0.15, 0.2) is 28.7 Å². The van der Waals surface area contributed by atoms with Crippen LogP contribution in [-0.2, 0) is 0 Å². The van der Waals surface area contributed by atoms with Gasteiger partial charge in [-0.15, -0.1) is 0 Å². The van der Waals surface area contributed by atoms with Gasteiger partial charge in [0.2, 0.25) is 0 Å². The molecule has 4 heteroatoms. The molecule has 1 saturated heterocycles. The van der Waals surface area contributed by atoms with Gasteiger partial charge in [0.15, 0.2) is 0 Å². The zero-order chi connectivity index (χ0) is 13.7. The lowest BCUT2D eigenvalue weighted by molar-refractivity contribution is 0.119. The highest BCUT2D eigenvalue weighted by molar-refractivity contribution is 9.10. The average molecular weight is 327 g/mol. The highest BCUT2D eigenvalue weighted by Gasteiger charge is 2.33. The molecular formula is C15H23BrN2O. The van der Waals surface area contributed by atoms with Gasteiger partial charge in [0.1, 0.15) is 0 Å². The number of likely N-dealkylation sites (tertiary alicyclic amines) is 1. The molecule has 19 heavy (non-hydrogen) atoms. The standard InChI is InChI=1S/C15H23BrN2O/c1-2-9-18-10-7-15(12-19,8-11-18)17-14-5-3-13(16)4-6-14/h3-6,17,19H,2,7-12H2,1H3. The smallest absolute Gasteiger partial charge is 0.0662 e. The van der Waals surface area contributed by atoms with Gasteiger partial charge in [0, 0.05) is 23.2 Å². The quantitative estimate of drug-likeness (QED) is 0.872. The molecule has 0 bridgehead atoms. The molecule has 1 aromatic rings. The molecule has 1 aromatic carbocycles. The summed E-state index contributed by atoms with van der Waals surface area (Å²) in [6.07, 6.45) is 3.20. The Bertz CT molecular complexity index is 386. The second-order valence-electron chi connectivity index (χ2n) is 5.41. The van der Waals surface area contributed by atoms with Crippen molar-refractivity contribution in [2.75, 3.05) is 31.6 Å². The first-order valence-corrected chi connectivity index (χ1v) is 7.84. The SMILES string of the molecule is CCCN1CCC(CO)(Nc2ccc(Br)cc2)CC1. The van der Waals surface area contributed by atoms with Crippen LogP contribution in [0.5, 0.6) is 0 Å². The number of aliphatic hydroxyl groups is 1. The van der Waals surface area contributed by atoms with Crippen LogP contribution in [0.4, 0.5) is 5.69 Å². The van der Waals surface area contributed by atoms with Crippen molar-refractivity contribution in [1.29, 1.82) is 0 Å². The molecule has 0 atom stereocenters. The zero-order valence-electron chi connectivity index (χ0n) is 11.5. The minimum absolute atomic E-state index is 0.155. The van der Waals surface area contributed by atoms with E-state index in [-0.39, 0.29) is 12.1 Å². The third-order valence-corrected chi connectivity index (χ3v) is 4.44. The van der Waals surface area contributed by atoms with Crippen LogP contribution in [0.25, 0.3) is 0 Å². The average Bonchev–Trinajstić information content (AvgIpc) is 2.44. The van der Waals surface area contributed by atoms with Crippen molar-refractivity contribution in [3.05, 3.63) is 28.7 Å². The minimum Gasteiger partial charge on any atom is -0.394 e. The Morgan fingerprint density at radius 2 is 1.89 bits per heavy atom. The Labute approximate surface area is 124 Å². The monoisotopic (exact) mass is 326 g/mol. The summed E-state index contributed by atoms with van der Waals surface area (Å²) in [6.45, 7) is 5.71. The molecule has 0 amide bonds. The van der Waals surface area contributed by atoms with E-state index in [1.165, 1.54) is 13.0 Å². The van der Waals surface area contributed by atoms with Crippen LogP contribution in [0.2, 0.25) is 0 Å². The molecule has 1 heterocycles. The number of nitrogens with one attached hydrogen (secondary N) is 1. The number of nitrogens with zero attached hydrogens (tertiary/aromatic N) is 1. The molecule has 0 saturated carbocycles. The Kier molecular flexibility index (Phi) is 5.25. The van der Waals surface area contributed by atoms with Crippen molar-refractivity contribution < 1.29 is 5.11 Å². The van der Waals surface area contributed by atoms with Crippen LogP contribution >= 0.6 is 15.9 Å². The van der Waals surface area contributed by atoms with Gasteiger partial charge in [-0.2, -0.15) is 0 Å². The first-order chi connectivity index (χ1) is 9.17. The first kappa shape index (κ1) is 14.8. The van der Waals surface area contributed by atoms with Gasteiger partial charge in [-0.1, -0.05) is 22.9 Å². The van der Waals surface area contributed by atoms with Gasteiger partial charge >= 0.3 is 0 Å². The molecular weight excluding hydrogens is 304 g/mol. The summed E-state index contributed by atoms with van der Waals surface area (Å²) < 4.78 is 1.08. The number of benzene rings is 1. The van der Waals surface area contributed by atoms with Gasteiger partial charge in [0.25, 0.3) is 0 Å². The fraction of sp³-hybridized carbons (Fsp3) is 0.600. The molecule has 2 rings (SSSR count). The lowest BCUT2D eigenvalue weighted by Gasteiger charge is -2.42. The van der Waals surface area contributed by atoms with Crippen molar-refractivity contribution in [3.63, 3.8) is 0 Å². The van der Waals surface area contributed by atoms with Crippen molar-refractivity contribution >= 4 is 21.6 Å². The molecule has 0 spiro atoms. The van der Waals surface area contributed by atoms with E-state index < -0.39 is 0 Å². The first-order valence-electron chi connectivity index (χ1n) is 7.04. The summed E-state index contributed by atoms with van der Waals surface area (Å²) >= 11 is 3.44. The minimum atomic E-state index is -0.155. The molecule has 1 aliphatic rings. The summed E-state index contributed by atoms with van der Waals surface area (Å²) in [5.41, 5.74) is 0.930. The number of rotatable bonds is 5. The number of anilines is 1. The maximum Gasteiger partial charge on any atom is 0.0662 e. The van der Waals surface area contributed by atoms with Crippen LogP contribution in [0, 0.1) is 0 Å². The number of halogens is 1. The second-order valence-corrected chi connectivity index (χ2v) is 6.33. The maximum absolute atomic E-state index is 9.78. The van der Waals surface area contributed by atoms with Crippen molar-refractivity contribution in [2.24, 2.45) is 0 Å². The predicted octanol–water partition coefficient (Wildman–Crippen LogP) is 3.10. The van der Waals surface area contributed by atoms with Gasteiger partial charge in [0.05, 0.1) is 12.1 Å². The lowest BCUT2D eigenvalue weighted by Crippen LogP contribution is -2.51. The maximum atomic E-state index is 9.78. The van der Waals surface area contributed by atoms with E-state index in [0.717, 1.165) is 36.1 Å². The van der Waals surface area contributed by atoms with E-state index in [9.17, 15) is 5.11 Å². The fourth-order valence-electron chi connectivity index (χ4n) is 2.68. The molecule has 1 aliphatic heterocycles. The predicted molar refractivity (Wildman–Crippen MR) is 83.5 cm³/mol. The molecule has 3 nitrogen and oxygen atoms in total. The van der Waals surface area contributed by atoms with E-state index in [4.69, 9.17) is 0 Å². The molecule has 106 valence electrons. The number of piperidine rings is 1. The summed E-state index contributed by atoms with van der Waals surface area (Å²) in [5, 5.41) is 13.3. The van der Waals surface area contributed by atoms with Gasteiger partial charge in [-0.3, -0.25) is 0 Å². The van der Waals surface area contributed by atoms with Gasteiger partial charge < -0.3 is 15.3 Å². The van der Waals surface area contributed by atoms with Crippen LogP contribution in [-0.4, -0.2) is 41.8 Å². The van der Waals surface area contributed by atoms with E-state index in [1.807, 2.05) is 12.1 Å². The van der Waals surface area contributed by atoms with E-state index in [0.29, 0.717) is 0 Å². The van der Waals surface area contributed by atoms with Crippen molar-refractivity contribution in [1.82, 2.24) is 4.90 Å². The topological polar surface area (TPSA) is 35.5 Å². The largest absolute Gasteiger partial charge is 0.394 e. The van der Waals surface area contributed by atoms with Crippen molar-refractivity contribution in [2.45, 2.75) is 31.7 Å². The molecule has 2 N–H and O–H groups in total. The summed E-state index contributed by atoms with van der Waals surface area (Å²) in [4.78, 5) is 2.48. The van der Waals surface area contributed by atoms with Crippen LogP contribution in [0.3, 0.4) is 0 Å². The number of hydrogen-bond acceptors (Lipinski definition) is 3. The molecule has 0 aliphatic carbocycles. The van der Waals surface area contributed by atoms with Gasteiger partial charge in [-0.25, -0.2) is 0 Å². The number of hydrogen-bond donors (Lipinski definition) is 2. The molecule has 1 fully saturated rings. The van der Waals surface area contributed by atoms with E-state index in [2.05, 4.69) is 45.2 Å². The highest BCUT2D eigenvalue weighted by Crippen LogP contribution is 2.27. The summed E-state index contributed by atoms with van der Waals surface area (Å²) in [7, 11) is 0. The van der Waals surface area contributed by atoms with E-state index >= 15 is 0 Å². The Hall–Kier alpha value is -0.580. The van der Waals surface area contributed by atoms with E-state index in [1.54, 1.807) is 0 Å². The van der Waals surface area contributed by atoms with Crippen LogP contribution in [0.1, 0.15) is 26.2 Å². The second kappa shape index (κ2) is 6.73. The Morgan fingerprint density at radius 3 is 2.42 bits per heavy atom. The summed E-state index contributed by atoms with van der Waals surface area (Å²) in [5.74, 6) is 0.